The summed E-state index contributed by atoms with van der Waals surface area (Å²) in [4.78, 5) is 11.3. The number of carbonyl (C=O) groups is 1. The van der Waals surface area contributed by atoms with Crippen molar-refractivity contribution in [3.8, 4) is 5.69 Å². The van der Waals surface area contributed by atoms with E-state index < -0.39 is 5.91 Å². The Morgan fingerprint density at radius 1 is 1.44 bits per heavy atom. The number of nitrogens with zero attached hydrogens (tertiary/aromatic N) is 2. The predicted molar refractivity (Wildman–Crippen MR) is 61.5 cm³/mol. The highest BCUT2D eigenvalue weighted by Crippen LogP contribution is 2.22. The minimum atomic E-state index is -0.602. The number of halogens is 1. The van der Waals surface area contributed by atoms with Crippen LogP contribution in [-0.4, -0.2) is 15.7 Å². The molecule has 0 saturated heterocycles. The number of nitrogens with two attached hydrogens (primary N) is 2. The van der Waals surface area contributed by atoms with E-state index in [-0.39, 0.29) is 5.56 Å². The molecular formula is C10H9ClN4O. The molecule has 1 aromatic carbocycles. The fraction of sp³-hybridized carbons (Fsp3) is 0. The quantitative estimate of drug-likeness (QED) is 0.822. The smallest absolute Gasteiger partial charge is 0.252 e. The summed E-state index contributed by atoms with van der Waals surface area (Å²) in [6.45, 7) is 0. The van der Waals surface area contributed by atoms with E-state index in [2.05, 4.69) is 5.10 Å². The monoisotopic (exact) mass is 236 g/mol. The predicted octanol–water partition coefficient (Wildman–Crippen LogP) is 1.21. The van der Waals surface area contributed by atoms with Gasteiger partial charge in [-0.3, -0.25) is 4.79 Å². The van der Waals surface area contributed by atoms with Gasteiger partial charge in [-0.05, 0) is 12.1 Å². The van der Waals surface area contributed by atoms with Gasteiger partial charge in [0.25, 0.3) is 5.91 Å². The molecular weight excluding hydrogens is 228 g/mol. The zero-order valence-corrected chi connectivity index (χ0v) is 8.98. The highest BCUT2D eigenvalue weighted by atomic mass is 35.5. The molecule has 1 aromatic heterocycles. The average Bonchev–Trinajstić information content (AvgIpc) is 2.63. The lowest BCUT2D eigenvalue weighted by atomic mass is 10.1. The zero-order chi connectivity index (χ0) is 11.7. The van der Waals surface area contributed by atoms with Gasteiger partial charge in [0.2, 0.25) is 0 Å². The second kappa shape index (κ2) is 3.86. The van der Waals surface area contributed by atoms with Crippen molar-refractivity contribution in [1.82, 2.24) is 9.78 Å². The molecule has 0 fully saturated rings. The van der Waals surface area contributed by atoms with Crippen molar-refractivity contribution in [2.75, 3.05) is 5.73 Å². The second-order valence-electron chi connectivity index (χ2n) is 3.22. The van der Waals surface area contributed by atoms with Crippen LogP contribution in [0, 0.1) is 0 Å². The highest BCUT2D eigenvalue weighted by molar-refractivity contribution is 6.34. The van der Waals surface area contributed by atoms with E-state index in [1.807, 2.05) is 0 Å². The van der Waals surface area contributed by atoms with Crippen LogP contribution in [0.5, 0.6) is 0 Å². The van der Waals surface area contributed by atoms with Gasteiger partial charge in [0, 0.05) is 0 Å². The Kier molecular flexibility index (Phi) is 2.54. The van der Waals surface area contributed by atoms with E-state index in [0.29, 0.717) is 16.4 Å². The number of amides is 1. The molecule has 2 aromatic rings. The van der Waals surface area contributed by atoms with Gasteiger partial charge in [-0.25, -0.2) is 4.68 Å². The van der Waals surface area contributed by atoms with Gasteiger partial charge >= 0.3 is 0 Å². The maximum absolute atomic E-state index is 11.3. The lowest BCUT2D eigenvalue weighted by molar-refractivity contribution is 0.100. The summed E-state index contributed by atoms with van der Waals surface area (Å²) in [5, 5.41) is 4.29. The van der Waals surface area contributed by atoms with Gasteiger partial charge in [-0.1, -0.05) is 17.7 Å². The Balaban J connectivity index is 2.65. The van der Waals surface area contributed by atoms with Crippen LogP contribution in [0.1, 0.15) is 10.4 Å². The Bertz CT molecular complexity index is 550. The van der Waals surface area contributed by atoms with Crippen molar-refractivity contribution in [3.63, 3.8) is 0 Å². The number of rotatable bonds is 2. The molecule has 0 aliphatic rings. The fourth-order valence-corrected chi connectivity index (χ4v) is 1.68. The summed E-state index contributed by atoms with van der Waals surface area (Å²) in [5.74, 6) is -0.602. The van der Waals surface area contributed by atoms with Gasteiger partial charge < -0.3 is 11.5 Å². The number of carbonyl (C=O) groups excluding carboxylic acids is 1. The first-order valence-electron chi connectivity index (χ1n) is 4.48. The molecule has 0 atom stereocenters. The molecule has 0 saturated carbocycles. The van der Waals surface area contributed by atoms with Crippen LogP contribution in [0.15, 0.2) is 30.6 Å². The van der Waals surface area contributed by atoms with Crippen molar-refractivity contribution in [1.29, 1.82) is 0 Å². The van der Waals surface area contributed by atoms with E-state index >= 15 is 0 Å². The number of nitrogen functional groups attached to an aromatic ring is 1. The van der Waals surface area contributed by atoms with Crippen LogP contribution < -0.4 is 11.5 Å². The van der Waals surface area contributed by atoms with Gasteiger partial charge in [-0.15, -0.1) is 0 Å². The number of hydrogen-bond donors (Lipinski definition) is 2. The number of benzene rings is 1. The maximum atomic E-state index is 11.3. The molecule has 0 spiro atoms. The Morgan fingerprint density at radius 2 is 2.19 bits per heavy atom. The molecule has 5 nitrogen and oxygen atoms in total. The number of aromatic nitrogens is 2. The van der Waals surface area contributed by atoms with Gasteiger partial charge in [0.1, 0.15) is 0 Å². The Morgan fingerprint density at radius 3 is 2.75 bits per heavy atom. The lowest BCUT2D eigenvalue weighted by Crippen LogP contribution is -2.15. The van der Waals surface area contributed by atoms with Crippen LogP contribution in [0.3, 0.4) is 0 Å². The molecule has 82 valence electrons. The lowest BCUT2D eigenvalue weighted by Gasteiger charge is -2.07. The zero-order valence-electron chi connectivity index (χ0n) is 8.22. The van der Waals surface area contributed by atoms with E-state index in [9.17, 15) is 4.79 Å². The maximum Gasteiger partial charge on any atom is 0.252 e. The highest BCUT2D eigenvalue weighted by Gasteiger charge is 2.14. The molecule has 6 heteroatoms. The molecule has 0 unspecified atom stereocenters. The van der Waals surface area contributed by atoms with Crippen LogP contribution >= 0.6 is 11.6 Å². The first-order valence-corrected chi connectivity index (χ1v) is 4.86. The van der Waals surface area contributed by atoms with Gasteiger partial charge in [0.05, 0.1) is 34.4 Å². The first-order chi connectivity index (χ1) is 7.59. The molecule has 1 amide bonds. The molecule has 2 rings (SSSR count). The third-order valence-electron chi connectivity index (χ3n) is 2.09. The summed E-state index contributed by atoms with van der Waals surface area (Å²) in [5.41, 5.74) is 12.0. The molecule has 0 bridgehead atoms. The van der Waals surface area contributed by atoms with Crippen molar-refractivity contribution in [2.45, 2.75) is 0 Å². The molecule has 0 aliphatic carbocycles. The summed E-state index contributed by atoms with van der Waals surface area (Å²) < 4.78 is 1.46. The van der Waals surface area contributed by atoms with Crippen LogP contribution in [0.4, 0.5) is 5.69 Å². The SMILES string of the molecule is NC(=O)c1c(Cl)cccc1-n1cc(N)cn1. The Hall–Kier alpha value is -2.01. The normalized spacial score (nSPS) is 10.3. The van der Waals surface area contributed by atoms with Crippen molar-refractivity contribution >= 4 is 23.2 Å². The van der Waals surface area contributed by atoms with E-state index in [1.165, 1.54) is 10.9 Å². The minimum absolute atomic E-state index is 0.229. The molecule has 1 heterocycles. The van der Waals surface area contributed by atoms with Crippen LogP contribution in [0.2, 0.25) is 5.02 Å². The van der Waals surface area contributed by atoms with E-state index in [0.717, 1.165) is 0 Å². The standard InChI is InChI=1S/C10H9ClN4O/c11-7-2-1-3-8(9(7)10(13)16)15-5-6(12)4-14-15/h1-5H,12H2,(H2,13,16). The summed E-state index contributed by atoms with van der Waals surface area (Å²) in [6, 6.07) is 5.00. The third-order valence-corrected chi connectivity index (χ3v) is 2.40. The van der Waals surface area contributed by atoms with Gasteiger partial charge in [0.15, 0.2) is 0 Å². The van der Waals surface area contributed by atoms with Crippen molar-refractivity contribution in [3.05, 3.63) is 41.2 Å². The largest absolute Gasteiger partial charge is 0.396 e. The van der Waals surface area contributed by atoms with E-state index in [1.54, 1.807) is 24.4 Å². The van der Waals surface area contributed by atoms with Crippen LogP contribution in [-0.2, 0) is 0 Å². The second-order valence-corrected chi connectivity index (χ2v) is 3.62. The average molecular weight is 237 g/mol. The third kappa shape index (κ3) is 1.72. The number of primary amides is 1. The van der Waals surface area contributed by atoms with Crippen molar-refractivity contribution < 1.29 is 4.79 Å². The van der Waals surface area contributed by atoms with E-state index in [4.69, 9.17) is 23.1 Å². The summed E-state index contributed by atoms with van der Waals surface area (Å²) >= 11 is 5.91. The number of hydrogen-bond acceptors (Lipinski definition) is 3. The van der Waals surface area contributed by atoms with Crippen molar-refractivity contribution in [2.24, 2.45) is 5.73 Å². The molecule has 0 radical (unpaired) electrons. The molecule has 0 aliphatic heterocycles. The fourth-order valence-electron chi connectivity index (χ4n) is 1.42. The summed E-state index contributed by atoms with van der Waals surface area (Å²) in [7, 11) is 0. The van der Waals surface area contributed by atoms with Gasteiger partial charge in [-0.2, -0.15) is 5.10 Å². The Labute approximate surface area is 96.6 Å². The topological polar surface area (TPSA) is 86.9 Å². The molecule has 16 heavy (non-hydrogen) atoms. The van der Waals surface area contributed by atoms with Crippen LogP contribution in [0.25, 0.3) is 5.69 Å². The number of anilines is 1. The molecule has 4 N–H and O–H groups in total. The summed E-state index contributed by atoms with van der Waals surface area (Å²) in [6.07, 6.45) is 3.06. The first kappa shape index (κ1) is 10.5. The minimum Gasteiger partial charge on any atom is -0.396 e.